The molecule has 158 valence electrons. The number of piperidine rings is 1. The Kier molecular flexibility index (Phi) is 7.18. The number of nitro benzene ring substituents is 1. The van der Waals surface area contributed by atoms with E-state index in [0.717, 1.165) is 25.9 Å². The van der Waals surface area contributed by atoms with Crippen LogP contribution in [0, 0.1) is 23.0 Å². The van der Waals surface area contributed by atoms with Crippen LogP contribution in [0.2, 0.25) is 5.02 Å². The average Bonchev–Trinajstić information content (AvgIpc) is 2.74. The summed E-state index contributed by atoms with van der Waals surface area (Å²) < 4.78 is 0. The quantitative estimate of drug-likeness (QED) is 0.409. The van der Waals surface area contributed by atoms with Crippen LogP contribution >= 0.6 is 11.6 Å². The number of halogens is 1. The smallest absolute Gasteiger partial charge is 0.273 e. The van der Waals surface area contributed by atoms with Crippen molar-refractivity contribution in [3.63, 3.8) is 0 Å². The zero-order chi connectivity index (χ0) is 21.7. The first-order valence-electron chi connectivity index (χ1n) is 9.90. The lowest BCUT2D eigenvalue weighted by Gasteiger charge is -2.31. The summed E-state index contributed by atoms with van der Waals surface area (Å²) in [7, 11) is 0. The molecule has 1 aliphatic rings. The first-order chi connectivity index (χ1) is 14.3. The lowest BCUT2D eigenvalue weighted by molar-refractivity contribution is -0.385. The number of nitrogens with one attached hydrogen (secondary N) is 1. The van der Waals surface area contributed by atoms with Crippen LogP contribution in [0.3, 0.4) is 0 Å². The second kappa shape index (κ2) is 9.82. The number of rotatable bonds is 7. The Bertz CT molecular complexity index is 938. The number of ketones is 1. The van der Waals surface area contributed by atoms with Crippen LogP contribution in [0.5, 0.6) is 0 Å². The minimum absolute atomic E-state index is 0.00474. The highest BCUT2D eigenvalue weighted by Crippen LogP contribution is 2.23. The lowest BCUT2D eigenvalue weighted by atomic mass is 9.89. The summed E-state index contributed by atoms with van der Waals surface area (Å²) in [6, 6.07) is 11.5. The highest BCUT2D eigenvalue weighted by atomic mass is 35.5. The number of carbonyl (C=O) groups excluding carboxylic acids is 2. The number of carbonyl (C=O) groups is 2. The van der Waals surface area contributed by atoms with Gasteiger partial charge in [0.05, 0.1) is 4.92 Å². The molecule has 0 radical (unpaired) electrons. The van der Waals surface area contributed by atoms with Crippen molar-refractivity contribution in [2.75, 3.05) is 26.2 Å². The van der Waals surface area contributed by atoms with Gasteiger partial charge in [-0.15, -0.1) is 0 Å². The van der Waals surface area contributed by atoms with E-state index in [1.54, 1.807) is 43.3 Å². The molecule has 1 amide bonds. The maximum atomic E-state index is 12.6. The van der Waals surface area contributed by atoms with Crippen molar-refractivity contribution in [3.8, 4) is 0 Å². The fourth-order valence-electron chi connectivity index (χ4n) is 3.65. The highest BCUT2D eigenvalue weighted by Gasteiger charge is 2.25. The van der Waals surface area contributed by atoms with Gasteiger partial charge in [0.1, 0.15) is 0 Å². The van der Waals surface area contributed by atoms with E-state index >= 15 is 0 Å². The van der Waals surface area contributed by atoms with Gasteiger partial charge in [-0.05, 0) is 63.2 Å². The molecule has 30 heavy (non-hydrogen) atoms. The summed E-state index contributed by atoms with van der Waals surface area (Å²) in [5.41, 5.74) is 1.43. The number of likely N-dealkylation sites (tertiary alicyclic amines) is 1. The van der Waals surface area contributed by atoms with E-state index in [4.69, 9.17) is 11.6 Å². The number of nitro groups is 1. The van der Waals surface area contributed by atoms with Crippen LogP contribution in [0.4, 0.5) is 5.69 Å². The fraction of sp³-hybridized carbons (Fsp3) is 0.364. The Morgan fingerprint density at radius 3 is 2.40 bits per heavy atom. The van der Waals surface area contributed by atoms with Crippen molar-refractivity contribution in [1.82, 2.24) is 10.2 Å². The van der Waals surface area contributed by atoms with E-state index in [2.05, 4.69) is 10.2 Å². The average molecular weight is 430 g/mol. The second-order valence-corrected chi connectivity index (χ2v) is 7.94. The molecule has 0 bridgehead atoms. The van der Waals surface area contributed by atoms with Gasteiger partial charge >= 0.3 is 0 Å². The summed E-state index contributed by atoms with van der Waals surface area (Å²) >= 11 is 5.88. The highest BCUT2D eigenvalue weighted by molar-refractivity contribution is 6.30. The normalized spacial score (nSPS) is 15.0. The van der Waals surface area contributed by atoms with Gasteiger partial charge in [-0.25, -0.2) is 0 Å². The maximum absolute atomic E-state index is 12.6. The lowest BCUT2D eigenvalue weighted by Crippen LogP contribution is -2.41. The van der Waals surface area contributed by atoms with Gasteiger partial charge in [0.2, 0.25) is 0 Å². The first-order valence-corrected chi connectivity index (χ1v) is 10.3. The number of aryl methyl sites for hydroxylation is 1. The minimum atomic E-state index is -0.485. The minimum Gasteiger partial charge on any atom is -0.351 e. The van der Waals surface area contributed by atoms with Crippen molar-refractivity contribution in [1.29, 1.82) is 0 Å². The molecule has 8 heteroatoms. The monoisotopic (exact) mass is 429 g/mol. The molecule has 0 unspecified atom stereocenters. The van der Waals surface area contributed by atoms with Crippen LogP contribution in [0.25, 0.3) is 0 Å². The standard InChI is InChI=1S/C22H24ClN3O4/c1-15-2-3-18(14-20(15)26(29)30)22(28)24-10-13-25-11-8-17(9-12-25)21(27)16-4-6-19(23)7-5-16/h2-7,14,17H,8-13H2,1H3,(H,24,28). The van der Waals surface area contributed by atoms with Crippen molar-refractivity contribution in [2.45, 2.75) is 19.8 Å². The largest absolute Gasteiger partial charge is 0.351 e. The molecule has 0 spiro atoms. The predicted molar refractivity (Wildman–Crippen MR) is 115 cm³/mol. The molecule has 7 nitrogen and oxygen atoms in total. The third-order valence-electron chi connectivity index (χ3n) is 5.47. The molecule has 0 saturated carbocycles. The number of Topliss-reactive ketones (excluding diaryl/α,β-unsaturated/α-hetero) is 1. The van der Waals surface area contributed by atoms with E-state index in [1.807, 2.05) is 0 Å². The van der Waals surface area contributed by atoms with Crippen LogP contribution < -0.4 is 5.32 Å². The molecule has 1 aliphatic heterocycles. The summed E-state index contributed by atoms with van der Waals surface area (Å²) in [6.45, 7) is 4.32. The summed E-state index contributed by atoms with van der Waals surface area (Å²) in [5, 5.41) is 14.5. The summed E-state index contributed by atoms with van der Waals surface area (Å²) in [4.78, 5) is 37.7. The van der Waals surface area contributed by atoms with Crippen molar-refractivity contribution in [2.24, 2.45) is 5.92 Å². The first kappa shape index (κ1) is 21.9. The molecule has 0 atom stereocenters. The van der Waals surface area contributed by atoms with E-state index in [1.165, 1.54) is 6.07 Å². The molecule has 0 aliphatic carbocycles. The van der Waals surface area contributed by atoms with E-state index in [9.17, 15) is 19.7 Å². The Labute approximate surface area is 180 Å². The third kappa shape index (κ3) is 5.43. The van der Waals surface area contributed by atoms with Crippen molar-refractivity contribution >= 4 is 29.0 Å². The molecular formula is C22H24ClN3O4. The number of nitrogens with zero attached hydrogens (tertiary/aromatic N) is 2. The van der Waals surface area contributed by atoms with Gasteiger partial charge in [0, 0.05) is 46.8 Å². The zero-order valence-electron chi connectivity index (χ0n) is 16.8. The number of benzene rings is 2. The summed E-state index contributed by atoms with van der Waals surface area (Å²) in [6.07, 6.45) is 1.55. The molecular weight excluding hydrogens is 406 g/mol. The van der Waals surface area contributed by atoms with Gasteiger partial charge < -0.3 is 10.2 Å². The van der Waals surface area contributed by atoms with Gasteiger partial charge in [-0.3, -0.25) is 19.7 Å². The van der Waals surface area contributed by atoms with Crippen LogP contribution in [-0.2, 0) is 0 Å². The molecule has 1 heterocycles. The number of amides is 1. The van der Waals surface area contributed by atoms with Gasteiger partial charge in [-0.2, -0.15) is 0 Å². The molecule has 2 aromatic carbocycles. The predicted octanol–water partition coefficient (Wildman–Crippen LogP) is 3.88. The van der Waals surface area contributed by atoms with E-state index in [-0.39, 0.29) is 28.9 Å². The van der Waals surface area contributed by atoms with Crippen LogP contribution in [0.15, 0.2) is 42.5 Å². The van der Waals surface area contributed by atoms with Gasteiger partial charge in [0.15, 0.2) is 5.78 Å². The second-order valence-electron chi connectivity index (χ2n) is 7.50. The van der Waals surface area contributed by atoms with E-state index < -0.39 is 4.92 Å². The molecule has 1 saturated heterocycles. The van der Waals surface area contributed by atoms with Gasteiger partial charge in [0.25, 0.3) is 11.6 Å². The zero-order valence-corrected chi connectivity index (χ0v) is 17.5. The SMILES string of the molecule is Cc1ccc(C(=O)NCCN2CCC(C(=O)c3ccc(Cl)cc3)CC2)cc1[N+](=O)[O-]. The fourth-order valence-corrected chi connectivity index (χ4v) is 3.77. The molecule has 3 rings (SSSR count). The van der Waals surface area contributed by atoms with Crippen molar-refractivity contribution < 1.29 is 14.5 Å². The number of hydrogen-bond donors (Lipinski definition) is 1. The Hall–Kier alpha value is -2.77. The van der Waals surface area contributed by atoms with Crippen LogP contribution in [-0.4, -0.2) is 47.7 Å². The maximum Gasteiger partial charge on any atom is 0.273 e. The molecule has 1 fully saturated rings. The molecule has 0 aromatic heterocycles. The number of hydrogen-bond acceptors (Lipinski definition) is 5. The third-order valence-corrected chi connectivity index (χ3v) is 5.72. The molecule has 2 aromatic rings. The topological polar surface area (TPSA) is 92.6 Å². The summed E-state index contributed by atoms with van der Waals surface area (Å²) in [5.74, 6) is -0.170. The van der Waals surface area contributed by atoms with E-state index in [0.29, 0.717) is 29.2 Å². The van der Waals surface area contributed by atoms with Crippen molar-refractivity contribution in [3.05, 3.63) is 74.3 Å². The Balaban J connectivity index is 1.44. The Morgan fingerprint density at radius 1 is 1.13 bits per heavy atom. The Morgan fingerprint density at radius 2 is 1.77 bits per heavy atom. The van der Waals surface area contributed by atoms with Crippen LogP contribution in [0.1, 0.15) is 39.1 Å². The van der Waals surface area contributed by atoms with Gasteiger partial charge in [-0.1, -0.05) is 17.7 Å². The molecule has 1 N–H and O–H groups in total.